The molecular weight excluding hydrogens is 386 g/mol. The molecule has 0 saturated heterocycles. The van der Waals surface area contributed by atoms with E-state index in [2.05, 4.69) is 5.32 Å². The van der Waals surface area contributed by atoms with Crippen LogP contribution in [0.5, 0.6) is 5.75 Å². The fourth-order valence-electron chi connectivity index (χ4n) is 2.73. The Bertz CT molecular complexity index is 934. The van der Waals surface area contributed by atoms with Gasteiger partial charge in [-0.15, -0.1) is 11.3 Å². The van der Waals surface area contributed by atoms with Gasteiger partial charge in [-0.25, -0.2) is 4.79 Å². The number of rotatable bonds is 8. The van der Waals surface area contributed by atoms with Crippen LogP contribution in [0.4, 0.5) is 0 Å². The van der Waals surface area contributed by atoms with Gasteiger partial charge in [0.15, 0.2) is 0 Å². The molecule has 1 heterocycles. The number of thiophene rings is 1. The largest absolute Gasteiger partial charge is 0.494 e. The standard InChI is InChI=1S/C23H23NO4S/c1-3-27-19-12-10-18(11-13-19)21(28-23(26)20-5-4-14-29-20)22(25)24-15-17-8-6-16(2)7-9-17/h4-14,21H,3,15H2,1-2H3,(H,24,25). The maximum Gasteiger partial charge on any atom is 0.349 e. The molecule has 6 heteroatoms. The minimum atomic E-state index is -1.05. The molecule has 0 bridgehead atoms. The molecule has 0 aliphatic rings. The van der Waals surface area contributed by atoms with Crippen LogP contribution in [0.25, 0.3) is 0 Å². The first-order chi connectivity index (χ1) is 14.1. The predicted molar refractivity (Wildman–Crippen MR) is 113 cm³/mol. The van der Waals surface area contributed by atoms with Crippen LogP contribution in [-0.4, -0.2) is 18.5 Å². The number of ether oxygens (including phenoxy) is 2. The number of amides is 1. The summed E-state index contributed by atoms with van der Waals surface area (Å²) in [5.41, 5.74) is 2.70. The summed E-state index contributed by atoms with van der Waals surface area (Å²) in [6.07, 6.45) is -1.05. The average molecular weight is 410 g/mol. The van der Waals surface area contributed by atoms with Crippen LogP contribution in [0.3, 0.4) is 0 Å². The quantitative estimate of drug-likeness (QED) is 0.549. The minimum Gasteiger partial charge on any atom is -0.494 e. The number of hydrogen-bond acceptors (Lipinski definition) is 5. The zero-order chi connectivity index (χ0) is 20.6. The molecule has 0 radical (unpaired) electrons. The molecule has 1 N–H and O–H groups in total. The Kier molecular flexibility index (Phi) is 7.03. The van der Waals surface area contributed by atoms with Crippen molar-refractivity contribution in [2.75, 3.05) is 6.61 Å². The number of carbonyl (C=O) groups is 2. The van der Waals surface area contributed by atoms with Crippen molar-refractivity contribution in [1.82, 2.24) is 5.32 Å². The van der Waals surface area contributed by atoms with Gasteiger partial charge in [0.1, 0.15) is 10.6 Å². The van der Waals surface area contributed by atoms with E-state index in [-0.39, 0.29) is 5.91 Å². The molecule has 0 spiro atoms. The van der Waals surface area contributed by atoms with Crippen molar-refractivity contribution in [3.05, 3.63) is 87.6 Å². The van der Waals surface area contributed by atoms with Crippen LogP contribution in [-0.2, 0) is 16.1 Å². The Morgan fingerprint density at radius 3 is 2.38 bits per heavy atom. The Balaban J connectivity index is 1.76. The van der Waals surface area contributed by atoms with Gasteiger partial charge in [-0.05, 0) is 43.0 Å². The van der Waals surface area contributed by atoms with Crippen molar-refractivity contribution in [1.29, 1.82) is 0 Å². The van der Waals surface area contributed by atoms with Crippen LogP contribution >= 0.6 is 11.3 Å². The number of nitrogens with one attached hydrogen (secondary N) is 1. The summed E-state index contributed by atoms with van der Waals surface area (Å²) in [6.45, 7) is 4.81. The van der Waals surface area contributed by atoms with E-state index in [1.807, 2.05) is 38.1 Å². The molecule has 2 aromatic carbocycles. The molecule has 1 unspecified atom stereocenters. The molecule has 3 rings (SSSR count). The topological polar surface area (TPSA) is 64.6 Å². The first-order valence-corrected chi connectivity index (χ1v) is 10.2. The smallest absolute Gasteiger partial charge is 0.349 e. The lowest BCUT2D eigenvalue weighted by Gasteiger charge is -2.18. The SMILES string of the molecule is CCOc1ccc(C(OC(=O)c2cccs2)C(=O)NCc2ccc(C)cc2)cc1. The summed E-state index contributed by atoms with van der Waals surface area (Å²) < 4.78 is 11.0. The van der Waals surface area contributed by atoms with Gasteiger partial charge in [-0.3, -0.25) is 4.79 Å². The highest BCUT2D eigenvalue weighted by Crippen LogP contribution is 2.24. The first-order valence-electron chi connectivity index (χ1n) is 9.37. The van der Waals surface area contributed by atoms with Crippen molar-refractivity contribution < 1.29 is 19.1 Å². The Hall–Kier alpha value is -3.12. The molecule has 3 aromatic rings. The van der Waals surface area contributed by atoms with Gasteiger partial charge >= 0.3 is 5.97 Å². The maximum atomic E-state index is 12.9. The molecule has 0 aliphatic heterocycles. The van der Waals surface area contributed by atoms with Crippen LogP contribution in [0.15, 0.2) is 66.0 Å². The fourth-order valence-corrected chi connectivity index (χ4v) is 3.33. The summed E-state index contributed by atoms with van der Waals surface area (Å²) in [4.78, 5) is 25.8. The van der Waals surface area contributed by atoms with Crippen molar-refractivity contribution in [3.8, 4) is 5.75 Å². The lowest BCUT2D eigenvalue weighted by molar-refractivity contribution is -0.130. The van der Waals surface area contributed by atoms with Crippen molar-refractivity contribution in [2.24, 2.45) is 0 Å². The highest BCUT2D eigenvalue weighted by atomic mass is 32.1. The van der Waals surface area contributed by atoms with Gasteiger partial charge < -0.3 is 14.8 Å². The van der Waals surface area contributed by atoms with E-state index < -0.39 is 12.1 Å². The third-order valence-electron chi connectivity index (χ3n) is 4.27. The Labute approximate surface area is 174 Å². The maximum absolute atomic E-state index is 12.9. The molecular formula is C23H23NO4S. The second-order valence-electron chi connectivity index (χ2n) is 6.47. The molecule has 29 heavy (non-hydrogen) atoms. The zero-order valence-corrected chi connectivity index (χ0v) is 17.2. The Morgan fingerprint density at radius 2 is 1.76 bits per heavy atom. The van der Waals surface area contributed by atoms with Gasteiger partial charge in [0.25, 0.3) is 5.91 Å². The van der Waals surface area contributed by atoms with Crippen LogP contribution in [0.2, 0.25) is 0 Å². The zero-order valence-electron chi connectivity index (χ0n) is 16.4. The van der Waals surface area contributed by atoms with E-state index in [0.717, 1.165) is 11.1 Å². The average Bonchev–Trinajstić information content (AvgIpc) is 3.27. The van der Waals surface area contributed by atoms with E-state index >= 15 is 0 Å². The summed E-state index contributed by atoms with van der Waals surface area (Å²) >= 11 is 1.27. The third kappa shape index (κ3) is 5.68. The molecule has 1 aromatic heterocycles. The highest BCUT2D eigenvalue weighted by molar-refractivity contribution is 7.11. The van der Waals surface area contributed by atoms with E-state index in [1.54, 1.807) is 41.8 Å². The number of benzene rings is 2. The van der Waals surface area contributed by atoms with Crippen molar-refractivity contribution >= 4 is 23.2 Å². The number of carbonyl (C=O) groups excluding carboxylic acids is 2. The van der Waals surface area contributed by atoms with E-state index in [4.69, 9.17) is 9.47 Å². The Morgan fingerprint density at radius 1 is 1.03 bits per heavy atom. The highest BCUT2D eigenvalue weighted by Gasteiger charge is 2.26. The van der Waals surface area contributed by atoms with E-state index in [9.17, 15) is 9.59 Å². The molecule has 1 amide bonds. The monoisotopic (exact) mass is 409 g/mol. The summed E-state index contributed by atoms with van der Waals surface area (Å²) in [6, 6.07) is 18.3. The van der Waals surface area contributed by atoms with Gasteiger partial charge in [0.05, 0.1) is 6.61 Å². The van der Waals surface area contributed by atoms with E-state index in [1.165, 1.54) is 11.3 Å². The second kappa shape index (κ2) is 9.89. The van der Waals surface area contributed by atoms with Gasteiger partial charge in [0.2, 0.25) is 6.10 Å². The molecule has 1 atom stereocenters. The summed E-state index contributed by atoms with van der Waals surface area (Å²) in [5, 5.41) is 4.66. The third-order valence-corrected chi connectivity index (χ3v) is 5.12. The molecule has 0 aliphatic carbocycles. The summed E-state index contributed by atoms with van der Waals surface area (Å²) in [5.74, 6) is -0.205. The number of esters is 1. The van der Waals surface area contributed by atoms with Gasteiger partial charge in [-0.2, -0.15) is 0 Å². The minimum absolute atomic E-state index is 0.350. The van der Waals surface area contributed by atoms with Crippen LogP contribution < -0.4 is 10.1 Å². The first kappa shape index (κ1) is 20.6. The molecule has 5 nitrogen and oxygen atoms in total. The van der Waals surface area contributed by atoms with Crippen LogP contribution in [0, 0.1) is 6.92 Å². The number of aryl methyl sites for hydroxylation is 1. The lowest BCUT2D eigenvalue weighted by atomic mass is 10.1. The summed E-state index contributed by atoms with van der Waals surface area (Å²) in [7, 11) is 0. The van der Waals surface area contributed by atoms with Gasteiger partial charge in [-0.1, -0.05) is 48.0 Å². The molecule has 150 valence electrons. The lowest BCUT2D eigenvalue weighted by Crippen LogP contribution is -2.31. The molecule has 0 fully saturated rings. The normalized spacial score (nSPS) is 11.5. The fraction of sp³-hybridized carbons (Fsp3) is 0.217. The van der Waals surface area contributed by atoms with Crippen LogP contribution in [0.1, 0.15) is 39.4 Å². The van der Waals surface area contributed by atoms with Gasteiger partial charge in [0, 0.05) is 12.1 Å². The van der Waals surface area contributed by atoms with Crippen molar-refractivity contribution in [2.45, 2.75) is 26.5 Å². The predicted octanol–water partition coefficient (Wildman–Crippen LogP) is 4.67. The van der Waals surface area contributed by atoms with Crippen molar-refractivity contribution in [3.63, 3.8) is 0 Å². The van der Waals surface area contributed by atoms with E-state index in [0.29, 0.717) is 29.3 Å². The second-order valence-corrected chi connectivity index (χ2v) is 7.42. The number of hydrogen-bond donors (Lipinski definition) is 1. The molecule has 0 saturated carbocycles.